The first-order valence-corrected chi connectivity index (χ1v) is 7.44. The summed E-state index contributed by atoms with van der Waals surface area (Å²) in [6.45, 7) is 0. The van der Waals surface area contributed by atoms with Crippen LogP contribution < -0.4 is 10.6 Å². The van der Waals surface area contributed by atoms with Crippen molar-refractivity contribution in [3.05, 3.63) is 64.2 Å². The highest BCUT2D eigenvalue weighted by Gasteiger charge is 2.11. The number of benzene rings is 2. The van der Waals surface area contributed by atoms with Gasteiger partial charge in [-0.15, -0.1) is 0 Å². The van der Waals surface area contributed by atoms with E-state index in [4.69, 9.17) is 12.2 Å². The Morgan fingerprint density at radius 1 is 1.24 bits per heavy atom. The van der Waals surface area contributed by atoms with Gasteiger partial charge in [-0.2, -0.15) is 0 Å². The van der Waals surface area contributed by atoms with Crippen LogP contribution in [0.2, 0.25) is 0 Å². The minimum Gasteiger partial charge on any atom is -0.453 e. The van der Waals surface area contributed by atoms with Gasteiger partial charge in [0.05, 0.1) is 29.0 Å². The molecular formula is C16H14N4O4S. The molecule has 9 heteroatoms. The molecule has 25 heavy (non-hydrogen) atoms. The Labute approximate surface area is 148 Å². The number of amides is 1. The van der Waals surface area contributed by atoms with Crippen molar-refractivity contribution in [1.82, 2.24) is 5.32 Å². The zero-order valence-corrected chi connectivity index (χ0v) is 13.9. The van der Waals surface area contributed by atoms with Crippen LogP contribution >= 0.6 is 12.2 Å². The number of aliphatic imine (C=N–C) groups is 1. The number of thiocarbonyl (C=S) groups is 1. The van der Waals surface area contributed by atoms with Crippen molar-refractivity contribution in [1.29, 1.82) is 0 Å². The predicted octanol–water partition coefficient (Wildman–Crippen LogP) is 3.40. The van der Waals surface area contributed by atoms with Crippen LogP contribution in [0.25, 0.3) is 0 Å². The van der Waals surface area contributed by atoms with Crippen molar-refractivity contribution in [2.75, 3.05) is 12.4 Å². The smallest absolute Gasteiger partial charge is 0.413 e. The van der Waals surface area contributed by atoms with Crippen LogP contribution in [-0.2, 0) is 4.74 Å². The summed E-state index contributed by atoms with van der Waals surface area (Å²) in [5, 5.41) is 16.2. The molecule has 0 aliphatic heterocycles. The second-order valence-corrected chi connectivity index (χ2v) is 5.07. The number of hydrogen-bond donors (Lipinski definition) is 2. The van der Waals surface area contributed by atoms with Gasteiger partial charge >= 0.3 is 6.09 Å². The molecule has 2 N–H and O–H groups in total. The summed E-state index contributed by atoms with van der Waals surface area (Å²) in [5.41, 5.74) is 1.35. The van der Waals surface area contributed by atoms with Gasteiger partial charge in [-0.25, -0.2) is 4.79 Å². The SMILES string of the molecule is COC(=O)NC(=S)Nc1ccccc1N=Cc1ccccc1[N+](=O)[O-]. The standard InChI is InChI=1S/C16H14N4O4S/c1-24-16(21)19-15(25)18-13-8-4-3-7-12(13)17-10-11-6-2-5-9-14(11)20(22)23/h2-10H,1H3,(H2,18,19,21,25). The Morgan fingerprint density at radius 3 is 2.64 bits per heavy atom. The maximum Gasteiger partial charge on any atom is 0.413 e. The third-order valence-electron chi connectivity index (χ3n) is 3.03. The first-order chi connectivity index (χ1) is 12.0. The lowest BCUT2D eigenvalue weighted by molar-refractivity contribution is -0.385. The summed E-state index contributed by atoms with van der Waals surface area (Å²) < 4.78 is 4.46. The van der Waals surface area contributed by atoms with Crippen molar-refractivity contribution < 1.29 is 14.5 Å². The number of ether oxygens (including phenoxy) is 1. The van der Waals surface area contributed by atoms with E-state index in [1.165, 1.54) is 19.4 Å². The second kappa shape index (κ2) is 8.50. The molecule has 0 aliphatic rings. The first kappa shape index (κ1) is 18.0. The van der Waals surface area contributed by atoms with Crippen LogP contribution in [0, 0.1) is 10.1 Å². The molecule has 2 aromatic rings. The monoisotopic (exact) mass is 358 g/mol. The molecule has 0 radical (unpaired) electrons. The lowest BCUT2D eigenvalue weighted by atomic mass is 10.2. The van der Waals surface area contributed by atoms with Gasteiger partial charge in [0.15, 0.2) is 5.11 Å². The van der Waals surface area contributed by atoms with Crippen LogP contribution in [0.1, 0.15) is 5.56 Å². The fraction of sp³-hybridized carbons (Fsp3) is 0.0625. The van der Waals surface area contributed by atoms with Crippen LogP contribution in [0.3, 0.4) is 0 Å². The van der Waals surface area contributed by atoms with E-state index in [-0.39, 0.29) is 10.8 Å². The molecule has 2 aromatic carbocycles. The Bertz CT molecular complexity index is 838. The third kappa shape index (κ3) is 5.08. The van der Waals surface area contributed by atoms with Crippen molar-refractivity contribution >= 4 is 46.7 Å². The summed E-state index contributed by atoms with van der Waals surface area (Å²) in [6, 6.07) is 13.2. The van der Waals surface area contributed by atoms with E-state index in [0.29, 0.717) is 16.9 Å². The van der Waals surface area contributed by atoms with Gasteiger partial charge in [0.1, 0.15) is 0 Å². The quantitative estimate of drug-likeness (QED) is 0.375. The summed E-state index contributed by atoms with van der Waals surface area (Å²) in [6.07, 6.45) is 0.702. The van der Waals surface area contributed by atoms with E-state index in [1.807, 2.05) is 0 Å². The topological polar surface area (TPSA) is 106 Å². The lowest BCUT2D eigenvalue weighted by Gasteiger charge is -2.10. The predicted molar refractivity (Wildman–Crippen MR) is 98.6 cm³/mol. The summed E-state index contributed by atoms with van der Waals surface area (Å²) >= 11 is 5.01. The number of nitrogens with one attached hydrogen (secondary N) is 2. The second-order valence-electron chi connectivity index (χ2n) is 4.66. The number of alkyl carbamates (subject to hydrolysis) is 1. The maximum absolute atomic E-state index is 11.2. The summed E-state index contributed by atoms with van der Waals surface area (Å²) in [7, 11) is 1.23. The number of carbonyl (C=O) groups excluding carboxylic acids is 1. The number of hydrogen-bond acceptors (Lipinski definition) is 6. The van der Waals surface area contributed by atoms with Gasteiger partial charge in [-0.1, -0.05) is 24.3 Å². The minimum absolute atomic E-state index is 0.0418. The van der Waals surface area contributed by atoms with E-state index in [9.17, 15) is 14.9 Å². The number of nitro groups is 1. The van der Waals surface area contributed by atoms with Gasteiger partial charge in [-0.3, -0.25) is 20.4 Å². The first-order valence-electron chi connectivity index (χ1n) is 7.03. The highest BCUT2D eigenvalue weighted by Crippen LogP contribution is 2.25. The molecule has 0 unspecified atom stereocenters. The molecular weight excluding hydrogens is 344 g/mol. The third-order valence-corrected chi connectivity index (χ3v) is 3.23. The van der Waals surface area contributed by atoms with E-state index >= 15 is 0 Å². The number of rotatable bonds is 4. The Kier molecular flexibility index (Phi) is 6.13. The molecule has 128 valence electrons. The molecule has 0 aromatic heterocycles. The molecule has 0 fully saturated rings. The van der Waals surface area contributed by atoms with E-state index < -0.39 is 11.0 Å². The zero-order valence-electron chi connectivity index (χ0n) is 13.1. The molecule has 0 bridgehead atoms. The number of nitrogens with zero attached hydrogens (tertiary/aromatic N) is 2. The summed E-state index contributed by atoms with van der Waals surface area (Å²) in [5.74, 6) is 0. The van der Waals surface area contributed by atoms with Crippen LogP contribution in [0.15, 0.2) is 53.5 Å². The lowest BCUT2D eigenvalue weighted by Crippen LogP contribution is -2.33. The zero-order chi connectivity index (χ0) is 18.2. The highest BCUT2D eigenvalue weighted by molar-refractivity contribution is 7.80. The number of methoxy groups -OCH3 is 1. The molecule has 8 nitrogen and oxygen atoms in total. The fourth-order valence-corrected chi connectivity index (χ4v) is 2.08. The van der Waals surface area contributed by atoms with E-state index in [1.54, 1.807) is 42.5 Å². The largest absolute Gasteiger partial charge is 0.453 e. The Balaban J connectivity index is 2.22. The van der Waals surface area contributed by atoms with E-state index in [0.717, 1.165) is 0 Å². The van der Waals surface area contributed by atoms with Crippen LogP contribution in [0.4, 0.5) is 21.9 Å². The van der Waals surface area contributed by atoms with Gasteiger partial charge in [0.2, 0.25) is 0 Å². The minimum atomic E-state index is -0.696. The number of carbonyl (C=O) groups is 1. The molecule has 0 atom stereocenters. The van der Waals surface area contributed by atoms with Crippen LogP contribution in [0.5, 0.6) is 0 Å². The van der Waals surface area contributed by atoms with Gasteiger partial charge in [0, 0.05) is 12.3 Å². The average Bonchev–Trinajstić information content (AvgIpc) is 2.61. The molecule has 0 saturated carbocycles. The molecule has 0 saturated heterocycles. The van der Waals surface area contributed by atoms with Crippen molar-refractivity contribution in [2.45, 2.75) is 0 Å². The maximum atomic E-state index is 11.2. The highest BCUT2D eigenvalue weighted by atomic mass is 32.1. The molecule has 1 amide bonds. The Hall–Kier alpha value is -3.33. The van der Waals surface area contributed by atoms with Crippen molar-refractivity contribution in [3.8, 4) is 0 Å². The van der Waals surface area contributed by atoms with Crippen LogP contribution in [-0.4, -0.2) is 29.5 Å². The average molecular weight is 358 g/mol. The fourth-order valence-electron chi connectivity index (χ4n) is 1.89. The van der Waals surface area contributed by atoms with Gasteiger partial charge in [0.25, 0.3) is 5.69 Å². The van der Waals surface area contributed by atoms with Gasteiger partial charge in [-0.05, 0) is 30.4 Å². The van der Waals surface area contributed by atoms with Gasteiger partial charge < -0.3 is 10.1 Å². The molecule has 0 aliphatic carbocycles. The normalized spacial score (nSPS) is 10.3. The summed E-state index contributed by atoms with van der Waals surface area (Å²) in [4.78, 5) is 26.0. The number of nitro benzene ring substituents is 1. The number of para-hydroxylation sites is 3. The molecule has 0 spiro atoms. The molecule has 0 heterocycles. The van der Waals surface area contributed by atoms with Crippen molar-refractivity contribution in [3.63, 3.8) is 0 Å². The molecule has 2 rings (SSSR count). The van der Waals surface area contributed by atoms with Crippen molar-refractivity contribution in [2.24, 2.45) is 4.99 Å². The Morgan fingerprint density at radius 2 is 1.92 bits per heavy atom. The van der Waals surface area contributed by atoms with E-state index in [2.05, 4.69) is 20.4 Å². The number of anilines is 1.